The maximum Gasteiger partial charge on any atom is 0.339 e. The highest BCUT2D eigenvalue weighted by molar-refractivity contribution is 5.99. The van der Waals surface area contributed by atoms with Gasteiger partial charge in [0.05, 0.1) is 19.8 Å². The lowest BCUT2D eigenvalue weighted by Gasteiger charge is -2.24. The number of nitrogens with zero attached hydrogens (tertiary/aromatic N) is 1. The Hall–Kier alpha value is -3.02. The summed E-state index contributed by atoms with van der Waals surface area (Å²) in [7, 11) is 3.00. The van der Waals surface area contributed by atoms with E-state index < -0.39 is 12.1 Å². The molecule has 26 heavy (non-hydrogen) atoms. The number of ether oxygens (including phenoxy) is 3. The van der Waals surface area contributed by atoms with Crippen LogP contribution in [0.5, 0.6) is 11.5 Å². The minimum absolute atomic E-state index is 0.282. The molecule has 0 unspecified atom stereocenters. The number of carbonyl (C=O) groups excluding carboxylic acids is 2. The van der Waals surface area contributed by atoms with Crippen LogP contribution in [0.25, 0.3) is 0 Å². The summed E-state index contributed by atoms with van der Waals surface area (Å²) >= 11 is 0. The number of carbonyl (C=O) groups is 2. The lowest BCUT2D eigenvalue weighted by atomic mass is 10.2. The summed E-state index contributed by atoms with van der Waals surface area (Å²) in [4.78, 5) is 26.6. The number of rotatable bonds is 7. The first kappa shape index (κ1) is 19.3. The predicted octanol–water partition coefficient (Wildman–Crippen LogP) is 3.30. The van der Waals surface area contributed by atoms with E-state index in [0.717, 1.165) is 5.69 Å². The van der Waals surface area contributed by atoms with Crippen LogP contribution in [0.15, 0.2) is 48.5 Å². The van der Waals surface area contributed by atoms with Gasteiger partial charge in [-0.3, -0.25) is 4.79 Å². The number of para-hydroxylation sites is 1. The Morgan fingerprint density at radius 2 is 1.65 bits per heavy atom. The van der Waals surface area contributed by atoms with Gasteiger partial charge in [-0.2, -0.15) is 0 Å². The Labute approximate surface area is 153 Å². The third-order valence-electron chi connectivity index (χ3n) is 3.90. The van der Waals surface area contributed by atoms with E-state index in [1.807, 2.05) is 37.3 Å². The fourth-order valence-corrected chi connectivity index (χ4v) is 2.54. The summed E-state index contributed by atoms with van der Waals surface area (Å²) in [5.74, 6) is 0.0401. The van der Waals surface area contributed by atoms with Crippen molar-refractivity contribution in [3.8, 4) is 11.5 Å². The smallest absolute Gasteiger partial charge is 0.339 e. The normalized spacial score (nSPS) is 11.4. The van der Waals surface area contributed by atoms with Crippen molar-refractivity contribution in [3.05, 3.63) is 54.1 Å². The van der Waals surface area contributed by atoms with Crippen LogP contribution < -0.4 is 14.4 Å². The van der Waals surface area contributed by atoms with Gasteiger partial charge in [0, 0.05) is 12.2 Å². The van der Waals surface area contributed by atoms with Crippen LogP contribution >= 0.6 is 0 Å². The fourth-order valence-electron chi connectivity index (χ4n) is 2.54. The van der Waals surface area contributed by atoms with Crippen molar-refractivity contribution < 1.29 is 23.8 Å². The van der Waals surface area contributed by atoms with Gasteiger partial charge in [0.15, 0.2) is 17.6 Å². The maximum atomic E-state index is 12.7. The topological polar surface area (TPSA) is 65.1 Å². The van der Waals surface area contributed by atoms with Crippen LogP contribution in [-0.2, 0) is 9.53 Å². The van der Waals surface area contributed by atoms with Gasteiger partial charge in [-0.05, 0) is 44.2 Å². The van der Waals surface area contributed by atoms with Crippen molar-refractivity contribution in [1.29, 1.82) is 0 Å². The number of methoxy groups -OCH3 is 2. The summed E-state index contributed by atoms with van der Waals surface area (Å²) in [6, 6.07) is 14.0. The summed E-state index contributed by atoms with van der Waals surface area (Å²) in [6.07, 6.45) is -0.921. The molecule has 1 amide bonds. The van der Waals surface area contributed by atoms with Crippen molar-refractivity contribution in [2.24, 2.45) is 0 Å². The summed E-state index contributed by atoms with van der Waals surface area (Å²) in [6.45, 7) is 3.90. The minimum Gasteiger partial charge on any atom is -0.493 e. The summed E-state index contributed by atoms with van der Waals surface area (Å²) < 4.78 is 15.7. The first-order chi connectivity index (χ1) is 12.5. The monoisotopic (exact) mass is 357 g/mol. The third kappa shape index (κ3) is 4.33. The van der Waals surface area contributed by atoms with Crippen LogP contribution in [0.1, 0.15) is 24.2 Å². The van der Waals surface area contributed by atoms with Gasteiger partial charge in [0.2, 0.25) is 0 Å². The van der Waals surface area contributed by atoms with Crippen LogP contribution in [0.3, 0.4) is 0 Å². The van der Waals surface area contributed by atoms with E-state index in [-0.39, 0.29) is 11.5 Å². The SMILES string of the molecule is CCN(C(=O)[C@@H](C)OC(=O)c1ccc(OC)c(OC)c1)c1ccccc1. The summed E-state index contributed by atoms with van der Waals surface area (Å²) in [5, 5.41) is 0. The lowest BCUT2D eigenvalue weighted by Crippen LogP contribution is -2.40. The zero-order valence-corrected chi connectivity index (χ0v) is 15.4. The zero-order valence-electron chi connectivity index (χ0n) is 15.4. The Bertz CT molecular complexity index is 760. The maximum absolute atomic E-state index is 12.7. The average Bonchev–Trinajstić information content (AvgIpc) is 2.68. The first-order valence-electron chi connectivity index (χ1n) is 8.31. The number of hydrogen-bond donors (Lipinski definition) is 0. The standard InChI is InChI=1S/C20H23NO5/c1-5-21(16-9-7-6-8-10-16)19(22)14(2)26-20(23)15-11-12-17(24-3)18(13-15)25-4/h6-14H,5H2,1-4H3/t14-/m1/s1. The zero-order chi connectivity index (χ0) is 19.1. The number of amides is 1. The Morgan fingerprint density at radius 3 is 2.23 bits per heavy atom. The number of anilines is 1. The van der Waals surface area contributed by atoms with E-state index in [9.17, 15) is 9.59 Å². The molecule has 6 nitrogen and oxygen atoms in total. The molecule has 0 spiro atoms. The molecule has 0 aliphatic rings. The molecule has 0 N–H and O–H groups in total. The van der Waals surface area contributed by atoms with Crippen LogP contribution in [0.2, 0.25) is 0 Å². The largest absolute Gasteiger partial charge is 0.493 e. The van der Waals surface area contributed by atoms with Crippen molar-refractivity contribution in [3.63, 3.8) is 0 Å². The molecule has 1 atom stereocenters. The molecule has 0 aliphatic carbocycles. The molecule has 138 valence electrons. The number of esters is 1. The van der Waals surface area contributed by atoms with Crippen LogP contribution in [0, 0.1) is 0 Å². The van der Waals surface area contributed by atoms with Gasteiger partial charge in [0.1, 0.15) is 0 Å². The fraction of sp³-hybridized carbons (Fsp3) is 0.300. The van der Waals surface area contributed by atoms with E-state index >= 15 is 0 Å². The van der Waals surface area contributed by atoms with Gasteiger partial charge in [-0.1, -0.05) is 18.2 Å². The molecule has 0 saturated heterocycles. The Morgan fingerprint density at radius 1 is 1.00 bits per heavy atom. The molecule has 2 aromatic rings. The molecule has 0 bridgehead atoms. The second-order valence-corrected chi connectivity index (χ2v) is 5.54. The lowest BCUT2D eigenvalue weighted by molar-refractivity contribution is -0.126. The molecule has 2 rings (SSSR count). The first-order valence-corrected chi connectivity index (χ1v) is 8.31. The van der Waals surface area contributed by atoms with Crippen molar-refractivity contribution in [2.75, 3.05) is 25.7 Å². The third-order valence-corrected chi connectivity index (χ3v) is 3.90. The van der Waals surface area contributed by atoms with E-state index in [1.54, 1.807) is 24.0 Å². The van der Waals surface area contributed by atoms with Gasteiger partial charge in [-0.15, -0.1) is 0 Å². The number of benzene rings is 2. The van der Waals surface area contributed by atoms with Crippen LogP contribution in [0.4, 0.5) is 5.69 Å². The molecule has 0 aliphatic heterocycles. The van der Waals surface area contributed by atoms with Gasteiger partial charge < -0.3 is 19.1 Å². The van der Waals surface area contributed by atoms with E-state index in [2.05, 4.69) is 0 Å². The molecule has 0 saturated carbocycles. The van der Waals surface area contributed by atoms with E-state index in [1.165, 1.54) is 20.3 Å². The second-order valence-electron chi connectivity index (χ2n) is 5.54. The molecule has 0 aromatic heterocycles. The number of likely N-dealkylation sites (N-methyl/N-ethyl adjacent to an activating group) is 1. The second kappa shape index (κ2) is 8.89. The highest BCUT2D eigenvalue weighted by Gasteiger charge is 2.25. The van der Waals surface area contributed by atoms with Gasteiger partial charge in [0.25, 0.3) is 5.91 Å². The van der Waals surface area contributed by atoms with Crippen molar-refractivity contribution >= 4 is 17.6 Å². The van der Waals surface area contributed by atoms with Crippen molar-refractivity contribution in [2.45, 2.75) is 20.0 Å². The molecule has 2 aromatic carbocycles. The quantitative estimate of drug-likeness (QED) is 0.712. The van der Waals surface area contributed by atoms with Crippen molar-refractivity contribution in [1.82, 2.24) is 0 Å². The van der Waals surface area contributed by atoms with Crippen LogP contribution in [-0.4, -0.2) is 38.7 Å². The molecule has 0 radical (unpaired) electrons. The minimum atomic E-state index is -0.921. The van der Waals surface area contributed by atoms with E-state index in [4.69, 9.17) is 14.2 Å². The highest BCUT2D eigenvalue weighted by Crippen LogP contribution is 2.28. The number of hydrogen-bond acceptors (Lipinski definition) is 5. The Kier molecular flexibility index (Phi) is 6.60. The molecule has 0 heterocycles. The molecular weight excluding hydrogens is 334 g/mol. The molecular formula is C20H23NO5. The van der Waals surface area contributed by atoms with Gasteiger partial charge in [-0.25, -0.2) is 4.79 Å². The molecule has 6 heteroatoms. The average molecular weight is 357 g/mol. The Balaban J connectivity index is 2.12. The highest BCUT2D eigenvalue weighted by atomic mass is 16.5. The summed E-state index contributed by atoms with van der Waals surface area (Å²) in [5.41, 5.74) is 1.04. The predicted molar refractivity (Wildman–Crippen MR) is 98.9 cm³/mol. The van der Waals surface area contributed by atoms with E-state index in [0.29, 0.717) is 18.0 Å². The molecule has 0 fully saturated rings. The van der Waals surface area contributed by atoms with Gasteiger partial charge >= 0.3 is 5.97 Å².